The van der Waals surface area contributed by atoms with E-state index in [2.05, 4.69) is 23.9 Å². The summed E-state index contributed by atoms with van der Waals surface area (Å²) < 4.78 is 2.34. The summed E-state index contributed by atoms with van der Waals surface area (Å²) in [7, 11) is 2.18. The molecule has 76 valence electrons. The van der Waals surface area contributed by atoms with Crippen molar-refractivity contribution >= 4 is 0 Å². The van der Waals surface area contributed by atoms with Crippen molar-refractivity contribution < 1.29 is 0 Å². The molecule has 1 aromatic heterocycles. The van der Waals surface area contributed by atoms with Crippen LogP contribution in [0.3, 0.4) is 0 Å². The van der Waals surface area contributed by atoms with E-state index in [-0.39, 0.29) is 0 Å². The summed E-state index contributed by atoms with van der Waals surface area (Å²) in [6.45, 7) is 3.31. The average molecular weight is 191 g/mol. The molecular formula is C11H17N3. The van der Waals surface area contributed by atoms with E-state index < -0.39 is 0 Å². The zero-order valence-electron chi connectivity index (χ0n) is 8.88. The van der Waals surface area contributed by atoms with Crippen molar-refractivity contribution in [2.24, 2.45) is 7.05 Å². The summed E-state index contributed by atoms with van der Waals surface area (Å²) in [6, 6.07) is 0.442. The molecule has 0 saturated heterocycles. The highest BCUT2D eigenvalue weighted by atomic mass is 15.1. The first-order valence-electron chi connectivity index (χ1n) is 5.56. The largest absolute Gasteiger partial charge is 0.334 e. The molecule has 0 spiro atoms. The van der Waals surface area contributed by atoms with E-state index in [9.17, 15) is 0 Å². The first-order valence-corrected chi connectivity index (χ1v) is 5.56. The molecule has 2 aliphatic rings. The maximum atomic E-state index is 4.79. The van der Waals surface area contributed by atoms with Crippen LogP contribution in [-0.4, -0.2) is 16.1 Å². The summed E-state index contributed by atoms with van der Waals surface area (Å²) in [6.07, 6.45) is 3.81. The lowest BCUT2D eigenvalue weighted by atomic mass is 10.1. The Bertz CT molecular complexity index is 363. The number of aromatic nitrogens is 2. The zero-order chi connectivity index (χ0) is 9.71. The summed E-state index contributed by atoms with van der Waals surface area (Å²) in [5, 5.41) is 3.46. The van der Waals surface area contributed by atoms with Gasteiger partial charge >= 0.3 is 0 Å². The van der Waals surface area contributed by atoms with Gasteiger partial charge in [0.2, 0.25) is 0 Å². The minimum atomic E-state index is 0.442. The van der Waals surface area contributed by atoms with Crippen molar-refractivity contribution in [3.8, 4) is 0 Å². The van der Waals surface area contributed by atoms with Crippen LogP contribution in [0.5, 0.6) is 0 Å². The van der Waals surface area contributed by atoms with Gasteiger partial charge in [-0.05, 0) is 19.8 Å². The van der Waals surface area contributed by atoms with Crippen LogP contribution in [-0.2, 0) is 13.5 Å². The number of nitrogens with zero attached hydrogens (tertiary/aromatic N) is 2. The first-order chi connectivity index (χ1) is 6.77. The molecule has 1 atom stereocenters. The molecule has 2 heterocycles. The molecule has 1 aliphatic heterocycles. The fourth-order valence-electron chi connectivity index (χ4n) is 2.43. The molecule has 1 aliphatic carbocycles. The Morgan fingerprint density at radius 3 is 2.86 bits per heavy atom. The smallest absolute Gasteiger partial charge is 0.112 e. The molecule has 0 bridgehead atoms. The summed E-state index contributed by atoms with van der Waals surface area (Å²) in [4.78, 5) is 4.79. The van der Waals surface area contributed by atoms with E-state index in [1.807, 2.05) is 0 Å². The van der Waals surface area contributed by atoms with E-state index in [4.69, 9.17) is 4.98 Å². The van der Waals surface area contributed by atoms with Crippen molar-refractivity contribution in [2.75, 3.05) is 6.54 Å². The number of nitrogens with one attached hydrogen (secondary N) is 1. The summed E-state index contributed by atoms with van der Waals surface area (Å²) in [5.74, 6) is 2.09. The van der Waals surface area contributed by atoms with Crippen LogP contribution in [0.15, 0.2) is 0 Å². The lowest BCUT2D eigenvalue weighted by molar-refractivity contribution is 0.519. The molecule has 0 unspecified atom stereocenters. The van der Waals surface area contributed by atoms with E-state index in [0.29, 0.717) is 6.04 Å². The maximum absolute atomic E-state index is 4.79. The highest BCUT2D eigenvalue weighted by Gasteiger charge is 2.31. The highest BCUT2D eigenvalue weighted by molar-refractivity contribution is 5.26. The SMILES string of the molecule is C[C@H]1NCCc2c1nc(C1CC1)n2C. The third kappa shape index (κ3) is 1.12. The molecule has 0 radical (unpaired) electrons. The molecule has 0 amide bonds. The fourth-order valence-corrected chi connectivity index (χ4v) is 2.43. The highest BCUT2D eigenvalue weighted by Crippen LogP contribution is 2.40. The standard InChI is InChI=1S/C11H17N3/c1-7-10-9(5-6-12-7)14(2)11(13-10)8-3-4-8/h7-8,12H,3-6H2,1-2H3/t7-/m1/s1. The van der Waals surface area contributed by atoms with E-state index in [1.165, 1.54) is 30.1 Å². The van der Waals surface area contributed by atoms with Crippen molar-refractivity contribution in [1.29, 1.82) is 0 Å². The topological polar surface area (TPSA) is 29.9 Å². The van der Waals surface area contributed by atoms with Crippen LogP contribution in [0.25, 0.3) is 0 Å². The molecule has 3 rings (SSSR count). The second kappa shape index (κ2) is 2.83. The van der Waals surface area contributed by atoms with Gasteiger partial charge in [0.15, 0.2) is 0 Å². The van der Waals surface area contributed by atoms with Gasteiger partial charge in [-0.2, -0.15) is 0 Å². The minimum Gasteiger partial charge on any atom is -0.334 e. The lowest BCUT2D eigenvalue weighted by Crippen LogP contribution is -2.28. The van der Waals surface area contributed by atoms with Crippen LogP contribution in [0.2, 0.25) is 0 Å². The quantitative estimate of drug-likeness (QED) is 0.729. The summed E-state index contributed by atoms with van der Waals surface area (Å²) >= 11 is 0. The number of imidazole rings is 1. The predicted octanol–water partition coefficient (Wildman–Crippen LogP) is 1.50. The zero-order valence-corrected chi connectivity index (χ0v) is 8.88. The molecule has 1 aromatic rings. The molecule has 0 aromatic carbocycles. The molecular weight excluding hydrogens is 174 g/mol. The van der Waals surface area contributed by atoms with Crippen LogP contribution in [0.4, 0.5) is 0 Å². The van der Waals surface area contributed by atoms with Crippen molar-refractivity contribution in [3.05, 3.63) is 17.2 Å². The number of hydrogen-bond acceptors (Lipinski definition) is 2. The van der Waals surface area contributed by atoms with Gasteiger partial charge in [0.1, 0.15) is 5.82 Å². The number of fused-ring (bicyclic) bond motifs is 1. The molecule has 1 N–H and O–H groups in total. The van der Waals surface area contributed by atoms with Crippen molar-refractivity contribution in [1.82, 2.24) is 14.9 Å². The van der Waals surface area contributed by atoms with E-state index >= 15 is 0 Å². The van der Waals surface area contributed by atoms with Gasteiger partial charge < -0.3 is 9.88 Å². The Morgan fingerprint density at radius 2 is 2.21 bits per heavy atom. The van der Waals surface area contributed by atoms with E-state index in [1.54, 1.807) is 0 Å². The monoisotopic (exact) mass is 191 g/mol. The van der Waals surface area contributed by atoms with Crippen molar-refractivity contribution in [2.45, 2.75) is 38.1 Å². The van der Waals surface area contributed by atoms with Crippen LogP contribution < -0.4 is 5.32 Å². The molecule has 1 saturated carbocycles. The van der Waals surface area contributed by atoms with Crippen molar-refractivity contribution in [3.63, 3.8) is 0 Å². The molecule has 14 heavy (non-hydrogen) atoms. The molecule has 3 nitrogen and oxygen atoms in total. The van der Waals surface area contributed by atoms with Gasteiger partial charge in [-0.3, -0.25) is 0 Å². The molecule has 1 fully saturated rings. The average Bonchev–Trinajstić information content (AvgIpc) is 2.94. The predicted molar refractivity (Wildman–Crippen MR) is 55.3 cm³/mol. The fraction of sp³-hybridized carbons (Fsp3) is 0.727. The Hall–Kier alpha value is -0.830. The number of hydrogen-bond donors (Lipinski definition) is 1. The maximum Gasteiger partial charge on any atom is 0.112 e. The Morgan fingerprint density at radius 1 is 1.43 bits per heavy atom. The minimum absolute atomic E-state index is 0.442. The first kappa shape index (κ1) is 8.48. The van der Waals surface area contributed by atoms with Gasteiger partial charge in [0.05, 0.1) is 5.69 Å². The molecule has 3 heteroatoms. The van der Waals surface area contributed by atoms with Gasteiger partial charge in [0, 0.05) is 37.7 Å². The Labute approximate surface area is 84.5 Å². The van der Waals surface area contributed by atoms with Gasteiger partial charge in [0.25, 0.3) is 0 Å². The lowest BCUT2D eigenvalue weighted by Gasteiger charge is -2.19. The van der Waals surface area contributed by atoms with Crippen LogP contribution in [0.1, 0.15) is 48.9 Å². The normalized spacial score (nSPS) is 26.3. The second-order valence-corrected chi connectivity index (χ2v) is 4.56. The third-order valence-electron chi connectivity index (χ3n) is 3.44. The van der Waals surface area contributed by atoms with Gasteiger partial charge in [-0.15, -0.1) is 0 Å². The third-order valence-corrected chi connectivity index (χ3v) is 3.44. The van der Waals surface area contributed by atoms with Gasteiger partial charge in [-0.1, -0.05) is 0 Å². The van der Waals surface area contributed by atoms with Crippen LogP contribution in [0, 0.1) is 0 Å². The Balaban J connectivity index is 2.08. The second-order valence-electron chi connectivity index (χ2n) is 4.56. The van der Waals surface area contributed by atoms with E-state index in [0.717, 1.165) is 18.9 Å². The number of rotatable bonds is 1. The summed E-state index contributed by atoms with van der Waals surface area (Å²) in [5.41, 5.74) is 2.75. The van der Waals surface area contributed by atoms with Crippen LogP contribution >= 0.6 is 0 Å². The van der Waals surface area contributed by atoms with Gasteiger partial charge in [-0.25, -0.2) is 4.98 Å². The Kier molecular flexibility index (Phi) is 1.71.